The molecule has 2 aromatic rings. The van der Waals surface area contributed by atoms with Crippen molar-refractivity contribution in [1.29, 1.82) is 0 Å². The number of nitrogens with zero attached hydrogens (tertiary/aromatic N) is 1. The van der Waals surface area contributed by atoms with Crippen LogP contribution in [0.4, 0.5) is 0 Å². The van der Waals surface area contributed by atoms with Gasteiger partial charge in [0, 0.05) is 11.6 Å². The van der Waals surface area contributed by atoms with Crippen molar-refractivity contribution in [1.82, 2.24) is 10.2 Å². The molecule has 1 fully saturated rings. The number of halogens is 1. The van der Waals surface area contributed by atoms with E-state index in [9.17, 15) is 4.79 Å². The van der Waals surface area contributed by atoms with Gasteiger partial charge in [0.1, 0.15) is 0 Å². The summed E-state index contributed by atoms with van der Waals surface area (Å²) >= 11 is 5.92. The first-order valence-electron chi connectivity index (χ1n) is 9.93. The van der Waals surface area contributed by atoms with Crippen LogP contribution in [-0.2, 0) is 11.2 Å². The smallest absolute Gasteiger partial charge is 0.224 e. The van der Waals surface area contributed by atoms with Crippen LogP contribution in [0.1, 0.15) is 48.4 Å². The number of likely N-dealkylation sites (tertiary alicyclic amines) is 1. The fourth-order valence-electron chi connectivity index (χ4n) is 3.71. The van der Waals surface area contributed by atoms with E-state index >= 15 is 0 Å². The lowest BCUT2D eigenvalue weighted by Crippen LogP contribution is -2.39. The molecule has 3 nitrogen and oxygen atoms in total. The van der Waals surface area contributed by atoms with Gasteiger partial charge in [-0.15, -0.1) is 0 Å². The molecule has 27 heavy (non-hydrogen) atoms. The predicted octanol–water partition coefficient (Wildman–Crippen LogP) is 4.92. The van der Waals surface area contributed by atoms with Crippen LogP contribution in [0.25, 0.3) is 0 Å². The Labute approximate surface area is 167 Å². The van der Waals surface area contributed by atoms with Gasteiger partial charge in [0.05, 0.1) is 12.5 Å². The highest BCUT2D eigenvalue weighted by Crippen LogP contribution is 2.24. The number of amides is 1. The fraction of sp³-hybridized carbons (Fsp3) is 0.435. The Morgan fingerprint density at radius 2 is 1.63 bits per heavy atom. The average Bonchev–Trinajstić information content (AvgIpc) is 2.95. The van der Waals surface area contributed by atoms with Gasteiger partial charge in [0.15, 0.2) is 0 Å². The molecule has 0 aliphatic carbocycles. The molecule has 1 amide bonds. The van der Waals surface area contributed by atoms with Gasteiger partial charge in [-0.25, -0.2) is 0 Å². The van der Waals surface area contributed by atoms with Gasteiger partial charge in [-0.05, 0) is 56.1 Å². The second kappa shape index (κ2) is 9.91. The predicted molar refractivity (Wildman–Crippen MR) is 112 cm³/mol. The lowest BCUT2D eigenvalue weighted by atomic mass is 10.0. The van der Waals surface area contributed by atoms with Crippen LogP contribution in [-0.4, -0.2) is 30.4 Å². The molecule has 0 saturated carbocycles. The van der Waals surface area contributed by atoms with E-state index in [-0.39, 0.29) is 11.9 Å². The monoisotopic (exact) mass is 384 g/mol. The van der Waals surface area contributed by atoms with Crippen molar-refractivity contribution in [2.45, 2.75) is 45.1 Å². The van der Waals surface area contributed by atoms with E-state index in [0.717, 1.165) is 18.7 Å². The van der Waals surface area contributed by atoms with E-state index in [4.69, 9.17) is 11.6 Å². The van der Waals surface area contributed by atoms with Gasteiger partial charge < -0.3 is 5.32 Å². The molecule has 0 aromatic heterocycles. The van der Waals surface area contributed by atoms with Crippen LogP contribution in [0.3, 0.4) is 0 Å². The minimum Gasteiger partial charge on any atom is -0.354 e. The number of carbonyl (C=O) groups excluding carboxylic acids is 1. The zero-order valence-electron chi connectivity index (χ0n) is 16.1. The maximum atomic E-state index is 12.5. The lowest BCUT2D eigenvalue weighted by Gasteiger charge is -2.31. The van der Waals surface area contributed by atoms with Crippen LogP contribution in [0.5, 0.6) is 0 Å². The molecule has 0 spiro atoms. The van der Waals surface area contributed by atoms with Gasteiger partial charge in [0.25, 0.3) is 0 Å². The Morgan fingerprint density at radius 1 is 1.00 bits per heavy atom. The first-order chi connectivity index (χ1) is 13.1. The molecule has 2 aromatic carbocycles. The summed E-state index contributed by atoms with van der Waals surface area (Å²) in [6.07, 6.45) is 5.47. The normalized spacial score (nSPS) is 16.5. The summed E-state index contributed by atoms with van der Waals surface area (Å²) in [6, 6.07) is 16.4. The maximum Gasteiger partial charge on any atom is 0.224 e. The molecule has 0 unspecified atom stereocenters. The third-order valence-electron chi connectivity index (χ3n) is 5.31. The second-order valence-electron chi connectivity index (χ2n) is 7.48. The minimum absolute atomic E-state index is 0.0595. The lowest BCUT2D eigenvalue weighted by molar-refractivity contribution is -0.120. The van der Waals surface area contributed by atoms with Crippen molar-refractivity contribution < 1.29 is 4.79 Å². The van der Waals surface area contributed by atoms with E-state index in [1.54, 1.807) is 0 Å². The molecule has 3 rings (SSSR count). The summed E-state index contributed by atoms with van der Waals surface area (Å²) < 4.78 is 0. The van der Waals surface area contributed by atoms with Crippen molar-refractivity contribution >= 4 is 17.5 Å². The molecule has 1 saturated heterocycles. The van der Waals surface area contributed by atoms with E-state index in [0.29, 0.717) is 18.0 Å². The molecule has 1 heterocycles. The molecule has 1 atom stereocenters. The number of aryl methyl sites for hydroxylation is 1. The number of nitrogens with one attached hydrogen (secondary N) is 1. The van der Waals surface area contributed by atoms with Gasteiger partial charge in [0.2, 0.25) is 5.91 Å². The van der Waals surface area contributed by atoms with E-state index in [1.807, 2.05) is 24.3 Å². The van der Waals surface area contributed by atoms with Gasteiger partial charge >= 0.3 is 0 Å². The highest BCUT2D eigenvalue weighted by atomic mass is 35.5. The minimum atomic E-state index is 0.0595. The summed E-state index contributed by atoms with van der Waals surface area (Å²) in [5, 5.41) is 3.86. The summed E-state index contributed by atoms with van der Waals surface area (Å²) in [7, 11) is 0. The van der Waals surface area contributed by atoms with Crippen LogP contribution in [0, 0.1) is 6.92 Å². The first-order valence-corrected chi connectivity index (χ1v) is 10.3. The number of benzene rings is 2. The van der Waals surface area contributed by atoms with Crippen molar-refractivity contribution in [3.8, 4) is 0 Å². The molecule has 1 aliphatic heterocycles. The Bertz CT molecular complexity index is 719. The Hall–Kier alpha value is -1.84. The number of hydrogen-bond donors (Lipinski definition) is 1. The van der Waals surface area contributed by atoms with Crippen molar-refractivity contribution in [3.63, 3.8) is 0 Å². The Balaban J connectivity index is 1.65. The fourth-order valence-corrected chi connectivity index (χ4v) is 3.84. The Kier molecular flexibility index (Phi) is 7.31. The number of rotatable bonds is 6. The third-order valence-corrected chi connectivity index (χ3v) is 5.57. The molecule has 1 N–H and O–H groups in total. The van der Waals surface area contributed by atoms with E-state index in [1.165, 1.54) is 36.8 Å². The zero-order valence-corrected chi connectivity index (χ0v) is 16.8. The summed E-state index contributed by atoms with van der Waals surface area (Å²) in [5.41, 5.74) is 3.54. The molecule has 0 radical (unpaired) electrons. The first kappa shape index (κ1) is 19.9. The molecule has 1 aliphatic rings. The van der Waals surface area contributed by atoms with Crippen LogP contribution >= 0.6 is 11.6 Å². The molecule has 144 valence electrons. The quantitative estimate of drug-likeness (QED) is 0.766. The largest absolute Gasteiger partial charge is 0.354 e. The highest BCUT2D eigenvalue weighted by Gasteiger charge is 2.22. The molecule has 4 heteroatoms. The second-order valence-corrected chi connectivity index (χ2v) is 7.92. The summed E-state index contributed by atoms with van der Waals surface area (Å²) in [6.45, 7) is 4.96. The molecular weight excluding hydrogens is 356 g/mol. The van der Waals surface area contributed by atoms with Crippen LogP contribution in [0.15, 0.2) is 48.5 Å². The third kappa shape index (κ3) is 6.08. The number of hydrogen-bond acceptors (Lipinski definition) is 2. The Morgan fingerprint density at radius 3 is 2.26 bits per heavy atom. The van der Waals surface area contributed by atoms with Crippen molar-refractivity contribution in [2.24, 2.45) is 0 Å². The molecule has 0 bridgehead atoms. The topological polar surface area (TPSA) is 32.3 Å². The van der Waals surface area contributed by atoms with E-state index in [2.05, 4.69) is 41.4 Å². The summed E-state index contributed by atoms with van der Waals surface area (Å²) in [4.78, 5) is 15.0. The van der Waals surface area contributed by atoms with E-state index < -0.39 is 0 Å². The zero-order chi connectivity index (χ0) is 19.1. The van der Waals surface area contributed by atoms with Crippen LogP contribution in [0.2, 0.25) is 5.02 Å². The average molecular weight is 385 g/mol. The molecular formula is C23H29ClN2O. The van der Waals surface area contributed by atoms with Crippen molar-refractivity contribution in [3.05, 3.63) is 70.2 Å². The van der Waals surface area contributed by atoms with Gasteiger partial charge in [-0.2, -0.15) is 0 Å². The highest BCUT2D eigenvalue weighted by molar-refractivity contribution is 6.30. The van der Waals surface area contributed by atoms with Gasteiger partial charge in [-0.1, -0.05) is 66.4 Å². The van der Waals surface area contributed by atoms with Crippen molar-refractivity contribution in [2.75, 3.05) is 19.6 Å². The number of carbonyl (C=O) groups is 1. The summed E-state index contributed by atoms with van der Waals surface area (Å²) in [5.74, 6) is 0.0595. The standard InChI is InChI=1S/C23H29ClN2O/c1-18-6-10-20(11-7-18)22(26-14-4-2-3-5-15-26)17-25-23(27)16-19-8-12-21(24)13-9-19/h6-13,22H,2-5,14-17H2,1H3,(H,25,27)/t22-/m1/s1. The SMILES string of the molecule is Cc1ccc([C@@H](CNC(=O)Cc2ccc(Cl)cc2)N2CCCCCC2)cc1. The van der Waals surface area contributed by atoms with Gasteiger partial charge in [-0.3, -0.25) is 9.69 Å². The maximum absolute atomic E-state index is 12.5. The van der Waals surface area contributed by atoms with Crippen LogP contribution < -0.4 is 5.32 Å².